The predicted octanol–water partition coefficient (Wildman–Crippen LogP) is 2.96. The Kier molecular flexibility index (Phi) is 3.34. The molecule has 1 N–H and O–H groups in total. The van der Waals surface area contributed by atoms with Gasteiger partial charge in [0.05, 0.1) is 0 Å². The Hall–Kier alpha value is -0.0969. The van der Waals surface area contributed by atoms with Gasteiger partial charge in [0.25, 0.3) is 0 Å². The second kappa shape index (κ2) is 3.96. The minimum absolute atomic E-state index is 0.359. The van der Waals surface area contributed by atoms with Crippen LogP contribution in [-0.2, 0) is 3.12 Å². The van der Waals surface area contributed by atoms with Gasteiger partial charge in [0.15, 0.2) is 0 Å². The fourth-order valence-electron chi connectivity index (χ4n) is 1.13. The first kappa shape index (κ1) is 11.0. The predicted molar refractivity (Wildman–Crippen MR) is 58.6 cm³/mol. The molecule has 0 atom stereocenters. The van der Waals surface area contributed by atoms with Gasteiger partial charge in [-0.25, -0.2) is 0 Å². The molecule has 0 aromatic heterocycles. The molecule has 72 valence electrons. The molecule has 0 spiro atoms. The SMILES string of the molecule is [CH3][Bi]([CH3])[C](C)(C)c1ccc(O)cc1. The Labute approximate surface area is 88.5 Å². The molecule has 1 rings (SSSR count). The fourth-order valence-corrected chi connectivity index (χ4v) is 3.71. The van der Waals surface area contributed by atoms with Crippen LogP contribution in [-0.4, -0.2) is 26.9 Å². The molecule has 0 saturated carbocycles. The summed E-state index contributed by atoms with van der Waals surface area (Å²) in [5.74, 6) is 0.359. The Balaban J connectivity index is 3.01. The third kappa shape index (κ3) is 2.43. The third-order valence-corrected chi connectivity index (χ3v) is 12.4. The number of aromatic hydroxyl groups is 1. The maximum absolute atomic E-state index is 9.18. The van der Waals surface area contributed by atoms with Crippen LogP contribution in [0.1, 0.15) is 19.4 Å². The summed E-state index contributed by atoms with van der Waals surface area (Å²) in [6.45, 7) is 4.63. The van der Waals surface area contributed by atoms with E-state index >= 15 is 0 Å². The molecule has 1 aromatic carbocycles. The quantitative estimate of drug-likeness (QED) is 0.790. The zero-order valence-electron chi connectivity index (χ0n) is 8.70. The van der Waals surface area contributed by atoms with E-state index in [1.165, 1.54) is 5.56 Å². The first-order valence-corrected chi connectivity index (χ1v) is 13.1. The van der Waals surface area contributed by atoms with Crippen LogP contribution >= 0.6 is 0 Å². The standard InChI is InChI=1S/C9H11O.2CH3.Bi/c1-7(2)8-3-5-9(10)6-4-8;;;/h3-6,10H,1-2H3;2*1H3;. The van der Waals surface area contributed by atoms with Gasteiger partial charge in [-0.05, 0) is 0 Å². The van der Waals surface area contributed by atoms with Crippen molar-refractivity contribution in [3.05, 3.63) is 29.8 Å². The van der Waals surface area contributed by atoms with Crippen LogP contribution in [0, 0.1) is 0 Å². The molecule has 0 radical (unpaired) electrons. The number of phenolic OH excluding ortho intramolecular Hbond substituents is 1. The molecule has 0 aliphatic carbocycles. The summed E-state index contributed by atoms with van der Waals surface area (Å²) >= 11 is -1.31. The van der Waals surface area contributed by atoms with E-state index in [4.69, 9.17) is 0 Å². The van der Waals surface area contributed by atoms with Crippen molar-refractivity contribution in [2.75, 3.05) is 0 Å². The van der Waals surface area contributed by atoms with Crippen LogP contribution in [0.3, 0.4) is 0 Å². The van der Waals surface area contributed by atoms with Crippen LogP contribution in [0.15, 0.2) is 24.3 Å². The molecule has 0 saturated heterocycles. The van der Waals surface area contributed by atoms with Crippen LogP contribution < -0.4 is 0 Å². The molecule has 2 heteroatoms. The summed E-state index contributed by atoms with van der Waals surface area (Å²) in [4.78, 5) is 0. The fraction of sp³-hybridized carbons (Fsp3) is 0.455. The van der Waals surface area contributed by atoms with Gasteiger partial charge in [-0.2, -0.15) is 0 Å². The van der Waals surface area contributed by atoms with E-state index in [0.717, 1.165) is 0 Å². The number of benzene rings is 1. The molecule has 0 aliphatic heterocycles. The molecule has 0 unspecified atom stereocenters. The van der Waals surface area contributed by atoms with Crippen molar-refractivity contribution in [2.24, 2.45) is 0 Å². The maximum atomic E-state index is 9.18. The topological polar surface area (TPSA) is 20.2 Å². The minimum atomic E-state index is -1.31. The van der Waals surface area contributed by atoms with Gasteiger partial charge in [0, 0.05) is 0 Å². The Morgan fingerprint density at radius 2 is 1.54 bits per heavy atom. The molecule has 1 aromatic rings. The summed E-state index contributed by atoms with van der Waals surface area (Å²) in [6.07, 6.45) is 0. The first-order valence-electron chi connectivity index (χ1n) is 4.41. The van der Waals surface area contributed by atoms with Crippen LogP contribution in [0.5, 0.6) is 5.75 Å². The van der Waals surface area contributed by atoms with Gasteiger partial charge in [-0.1, -0.05) is 0 Å². The van der Waals surface area contributed by atoms with Crippen molar-refractivity contribution in [2.45, 2.75) is 26.2 Å². The second-order valence-corrected chi connectivity index (χ2v) is 15.3. The zero-order chi connectivity index (χ0) is 10.1. The first-order chi connectivity index (χ1) is 5.94. The van der Waals surface area contributed by atoms with E-state index in [1.54, 1.807) is 12.1 Å². The molecular weight excluding hydrogens is 357 g/mol. The van der Waals surface area contributed by atoms with Gasteiger partial charge >= 0.3 is 88.7 Å². The Bertz CT molecular complexity index is 275. The molecule has 13 heavy (non-hydrogen) atoms. The van der Waals surface area contributed by atoms with Crippen molar-refractivity contribution in [3.63, 3.8) is 0 Å². The van der Waals surface area contributed by atoms with Gasteiger partial charge in [0.2, 0.25) is 0 Å². The summed E-state index contributed by atoms with van der Waals surface area (Å²) in [5, 5.41) is 9.18. The molecule has 0 amide bonds. The van der Waals surface area contributed by atoms with E-state index in [2.05, 4.69) is 23.1 Å². The summed E-state index contributed by atoms with van der Waals surface area (Å²) < 4.78 is 5.22. The van der Waals surface area contributed by atoms with Crippen molar-refractivity contribution >= 4 is 21.8 Å². The Morgan fingerprint density at radius 1 is 1.08 bits per heavy atom. The molecule has 1 nitrogen and oxygen atoms in total. The van der Waals surface area contributed by atoms with Gasteiger partial charge in [-0.3, -0.25) is 0 Å². The van der Waals surface area contributed by atoms with Crippen molar-refractivity contribution in [1.29, 1.82) is 0 Å². The van der Waals surface area contributed by atoms with Gasteiger partial charge in [-0.15, -0.1) is 0 Å². The zero-order valence-corrected chi connectivity index (χ0v) is 12.2. The average molecular weight is 374 g/mol. The van der Waals surface area contributed by atoms with Crippen LogP contribution in [0.4, 0.5) is 0 Å². The monoisotopic (exact) mass is 374 g/mol. The van der Waals surface area contributed by atoms with Gasteiger partial charge < -0.3 is 0 Å². The molecular formula is C11H17BiO. The van der Waals surface area contributed by atoms with E-state index in [-0.39, 0.29) is 0 Å². The van der Waals surface area contributed by atoms with E-state index in [1.807, 2.05) is 12.1 Å². The molecule has 0 aliphatic rings. The van der Waals surface area contributed by atoms with E-state index in [9.17, 15) is 5.11 Å². The number of hydrogen-bond donors (Lipinski definition) is 1. The van der Waals surface area contributed by atoms with Crippen molar-refractivity contribution < 1.29 is 5.11 Å². The molecule has 0 heterocycles. The molecule has 0 bridgehead atoms. The van der Waals surface area contributed by atoms with Gasteiger partial charge in [0.1, 0.15) is 0 Å². The van der Waals surface area contributed by atoms with Crippen LogP contribution in [0.25, 0.3) is 0 Å². The number of rotatable bonds is 2. The summed E-state index contributed by atoms with van der Waals surface area (Å²) in [6, 6.07) is 7.66. The molecule has 0 fully saturated rings. The van der Waals surface area contributed by atoms with Crippen molar-refractivity contribution in [3.8, 4) is 5.75 Å². The van der Waals surface area contributed by atoms with E-state index < -0.39 is 21.8 Å². The number of phenols is 1. The Morgan fingerprint density at radius 3 is 1.92 bits per heavy atom. The third-order valence-electron chi connectivity index (χ3n) is 2.69. The summed E-state index contributed by atoms with van der Waals surface area (Å²) in [5.41, 5.74) is 1.37. The second-order valence-electron chi connectivity index (χ2n) is 4.00. The van der Waals surface area contributed by atoms with E-state index in [0.29, 0.717) is 8.87 Å². The number of hydrogen-bond acceptors (Lipinski definition) is 1. The summed E-state index contributed by atoms with van der Waals surface area (Å²) in [7, 11) is 0. The van der Waals surface area contributed by atoms with Crippen molar-refractivity contribution in [1.82, 2.24) is 0 Å². The average Bonchev–Trinajstić information content (AvgIpc) is 2.04. The van der Waals surface area contributed by atoms with Crippen LogP contribution in [0.2, 0.25) is 9.26 Å². The normalized spacial score (nSPS) is 12.1.